The Labute approximate surface area is 163 Å². The number of halogens is 2. The van der Waals surface area contributed by atoms with Gasteiger partial charge in [-0.3, -0.25) is 0 Å². The molecule has 0 bridgehead atoms. The molecule has 0 unspecified atom stereocenters. The second-order valence-electron chi connectivity index (χ2n) is 5.07. The maximum Gasteiger partial charge on any atom is 0.350 e. The number of esters is 1. The molecule has 0 N–H and O–H groups in total. The number of hydrogen-bond acceptors (Lipinski definition) is 7. The molecule has 0 aliphatic rings. The Kier molecular flexibility index (Phi) is 6.03. The average molecular weight is 410 g/mol. The van der Waals surface area contributed by atoms with Gasteiger partial charge in [-0.15, -0.1) is 11.3 Å². The average Bonchev–Trinajstić information content (AvgIpc) is 3.03. The fourth-order valence-corrected chi connectivity index (χ4v) is 3.41. The standard InChI is InChI=1S/C17H13Cl2N3O3S/c1-10-14(26-16(22-10)15-20-5-2-6-21-15)17(23)25-8-7-24-13-4-3-11(18)9-12(13)19/h2-6,9H,7-8H2,1H3. The van der Waals surface area contributed by atoms with Crippen molar-refractivity contribution in [3.05, 3.63) is 57.3 Å². The lowest BCUT2D eigenvalue weighted by atomic mass is 10.3. The molecule has 26 heavy (non-hydrogen) atoms. The fraction of sp³-hybridized carbons (Fsp3) is 0.176. The van der Waals surface area contributed by atoms with Crippen LogP contribution in [-0.4, -0.2) is 34.1 Å². The summed E-state index contributed by atoms with van der Waals surface area (Å²) in [5.74, 6) is 0.484. The first-order chi connectivity index (χ1) is 12.5. The first-order valence-corrected chi connectivity index (χ1v) is 9.11. The van der Waals surface area contributed by atoms with Gasteiger partial charge in [-0.2, -0.15) is 0 Å². The van der Waals surface area contributed by atoms with Crippen molar-refractivity contribution < 1.29 is 14.3 Å². The van der Waals surface area contributed by atoms with E-state index < -0.39 is 5.97 Å². The van der Waals surface area contributed by atoms with Crippen molar-refractivity contribution in [2.75, 3.05) is 13.2 Å². The molecular formula is C17H13Cl2N3O3S. The molecule has 0 aliphatic carbocycles. The predicted octanol–water partition coefficient (Wildman–Crippen LogP) is 4.45. The highest BCUT2D eigenvalue weighted by Gasteiger charge is 2.18. The van der Waals surface area contributed by atoms with Gasteiger partial charge in [-0.25, -0.2) is 19.7 Å². The van der Waals surface area contributed by atoms with Crippen molar-refractivity contribution in [3.63, 3.8) is 0 Å². The van der Waals surface area contributed by atoms with Crippen molar-refractivity contribution in [1.29, 1.82) is 0 Å². The van der Waals surface area contributed by atoms with E-state index in [1.807, 2.05) is 0 Å². The van der Waals surface area contributed by atoms with Gasteiger partial charge in [0, 0.05) is 17.4 Å². The Hall–Kier alpha value is -2.22. The Morgan fingerprint density at radius 2 is 1.96 bits per heavy atom. The summed E-state index contributed by atoms with van der Waals surface area (Å²) in [6.45, 7) is 1.98. The molecular weight excluding hydrogens is 397 g/mol. The number of nitrogens with zero attached hydrogens (tertiary/aromatic N) is 3. The minimum Gasteiger partial charge on any atom is -0.488 e. The SMILES string of the molecule is Cc1nc(-c2ncccn2)sc1C(=O)OCCOc1ccc(Cl)cc1Cl. The number of rotatable bonds is 6. The Balaban J connectivity index is 1.56. The lowest BCUT2D eigenvalue weighted by Gasteiger charge is -2.08. The third kappa shape index (κ3) is 4.49. The molecule has 0 aliphatic heterocycles. The van der Waals surface area contributed by atoms with Gasteiger partial charge in [0.2, 0.25) is 0 Å². The van der Waals surface area contributed by atoms with Crippen LogP contribution in [0.3, 0.4) is 0 Å². The number of hydrogen-bond donors (Lipinski definition) is 0. The molecule has 0 saturated heterocycles. The van der Waals surface area contributed by atoms with Crippen molar-refractivity contribution >= 4 is 40.5 Å². The van der Waals surface area contributed by atoms with Crippen LogP contribution in [0.4, 0.5) is 0 Å². The first-order valence-electron chi connectivity index (χ1n) is 7.54. The summed E-state index contributed by atoms with van der Waals surface area (Å²) in [6, 6.07) is 6.62. The van der Waals surface area contributed by atoms with E-state index in [1.165, 1.54) is 11.3 Å². The zero-order valence-corrected chi connectivity index (χ0v) is 15.9. The molecule has 0 atom stereocenters. The summed E-state index contributed by atoms with van der Waals surface area (Å²) in [6.07, 6.45) is 3.24. The molecule has 6 nitrogen and oxygen atoms in total. The van der Waals surface area contributed by atoms with Crippen LogP contribution in [-0.2, 0) is 4.74 Å². The maximum atomic E-state index is 12.2. The second kappa shape index (κ2) is 8.44. The van der Waals surface area contributed by atoms with E-state index in [0.29, 0.717) is 37.2 Å². The highest BCUT2D eigenvalue weighted by Crippen LogP contribution is 2.28. The molecule has 1 aromatic carbocycles. The number of thiazole rings is 1. The van der Waals surface area contributed by atoms with E-state index in [9.17, 15) is 4.79 Å². The van der Waals surface area contributed by atoms with Crippen LogP contribution >= 0.6 is 34.5 Å². The highest BCUT2D eigenvalue weighted by atomic mass is 35.5. The van der Waals surface area contributed by atoms with E-state index in [2.05, 4.69) is 15.0 Å². The molecule has 0 saturated carbocycles. The minimum atomic E-state index is -0.465. The molecule has 0 amide bonds. The number of carbonyl (C=O) groups is 1. The number of aromatic nitrogens is 3. The Morgan fingerprint density at radius 1 is 1.19 bits per heavy atom. The summed E-state index contributed by atoms with van der Waals surface area (Å²) in [7, 11) is 0. The summed E-state index contributed by atoms with van der Waals surface area (Å²) in [4.78, 5) is 25.2. The molecule has 0 fully saturated rings. The number of ether oxygens (including phenoxy) is 2. The quantitative estimate of drug-likeness (QED) is 0.442. The molecule has 0 radical (unpaired) electrons. The molecule has 3 aromatic rings. The van der Waals surface area contributed by atoms with E-state index in [-0.39, 0.29) is 13.2 Å². The van der Waals surface area contributed by atoms with Crippen molar-refractivity contribution in [2.45, 2.75) is 6.92 Å². The van der Waals surface area contributed by atoms with Crippen LogP contribution in [0.25, 0.3) is 10.8 Å². The van der Waals surface area contributed by atoms with Gasteiger partial charge in [0.25, 0.3) is 0 Å². The highest BCUT2D eigenvalue weighted by molar-refractivity contribution is 7.16. The number of carbonyl (C=O) groups excluding carboxylic acids is 1. The van der Waals surface area contributed by atoms with E-state index in [1.54, 1.807) is 43.6 Å². The first kappa shape index (κ1) is 18.6. The molecule has 2 aromatic heterocycles. The predicted molar refractivity (Wildman–Crippen MR) is 100 cm³/mol. The van der Waals surface area contributed by atoms with Crippen molar-refractivity contribution in [3.8, 4) is 16.6 Å². The maximum absolute atomic E-state index is 12.2. The van der Waals surface area contributed by atoms with E-state index in [0.717, 1.165) is 0 Å². The van der Waals surface area contributed by atoms with Crippen LogP contribution < -0.4 is 4.74 Å². The molecule has 134 valence electrons. The van der Waals surface area contributed by atoms with Crippen LogP contribution in [0.15, 0.2) is 36.7 Å². The van der Waals surface area contributed by atoms with Gasteiger partial charge < -0.3 is 9.47 Å². The lowest BCUT2D eigenvalue weighted by molar-refractivity contribution is 0.0455. The number of aryl methyl sites for hydroxylation is 1. The molecule has 2 heterocycles. The third-order valence-electron chi connectivity index (χ3n) is 3.21. The summed E-state index contributed by atoms with van der Waals surface area (Å²) in [5.41, 5.74) is 0.573. The van der Waals surface area contributed by atoms with Gasteiger partial charge in [0.05, 0.1) is 10.7 Å². The van der Waals surface area contributed by atoms with Gasteiger partial charge in [0.1, 0.15) is 23.8 Å². The monoisotopic (exact) mass is 409 g/mol. The molecule has 0 spiro atoms. The zero-order chi connectivity index (χ0) is 18.5. The molecule has 9 heteroatoms. The van der Waals surface area contributed by atoms with Crippen LogP contribution in [0.5, 0.6) is 5.75 Å². The normalized spacial score (nSPS) is 10.6. The van der Waals surface area contributed by atoms with Crippen LogP contribution in [0.1, 0.15) is 15.4 Å². The van der Waals surface area contributed by atoms with Crippen molar-refractivity contribution in [2.24, 2.45) is 0 Å². The van der Waals surface area contributed by atoms with E-state index in [4.69, 9.17) is 32.7 Å². The third-order valence-corrected chi connectivity index (χ3v) is 4.87. The summed E-state index contributed by atoms with van der Waals surface area (Å²) in [5, 5.41) is 1.49. The topological polar surface area (TPSA) is 74.2 Å². The fourth-order valence-electron chi connectivity index (χ4n) is 2.03. The summed E-state index contributed by atoms with van der Waals surface area (Å²) < 4.78 is 10.7. The Morgan fingerprint density at radius 3 is 2.69 bits per heavy atom. The smallest absolute Gasteiger partial charge is 0.350 e. The van der Waals surface area contributed by atoms with Gasteiger partial charge in [0.15, 0.2) is 10.8 Å². The van der Waals surface area contributed by atoms with Crippen molar-refractivity contribution in [1.82, 2.24) is 15.0 Å². The Bertz CT molecular complexity index is 919. The largest absolute Gasteiger partial charge is 0.488 e. The van der Waals surface area contributed by atoms with Gasteiger partial charge >= 0.3 is 5.97 Å². The minimum absolute atomic E-state index is 0.0757. The van der Waals surface area contributed by atoms with Crippen LogP contribution in [0, 0.1) is 6.92 Å². The zero-order valence-electron chi connectivity index (χ0n) is 13.6. The summed E-state index contributed by atoms with van der Waals surface area (Å²) >= 11 is 13.0. The van der Waals surface area contributed by atoms with Gasteiger partial charge in [-0.05, 0) is 31.2 Å². The van der Waals surface area contributed by atoms with Crippen LogP contribution in [0.2, 0.25) is 10.0 Å². The lowest BCUT2D eigenvalue weighted by Crippen LogP contribution is -2.12. The molecule has 3 rings (SSSR count). The van der Waals surface area contributed by atoms with Gasteiger partial charge in [-0.1, -0.05) is 23.2 Å². The number of benzene rings is 1. The van der Waals surface area contributed by atoms with E-state index >= 15 is 0 Å². The second-order valence-corrected chi connectivity index (χ2v) is 6.91.